The van der Waals surface area contributed by atoms with E-state index in [1.54, 1.807) is 48.5 Å². The number of carbonyl (C=O) groups excluding carboxylic acids is 4. The van der Waals surface area contributed by atoms with Gasteiger partial charge in [-0.2, -0.15) is 10.5 Å². The molecule has 6 rings (SSSR count). The Hall–Kier alpha value is -5.94. The first-order valence-electron chi connectivity index (χ1n) is 21.0. The van der Waals surface area contributed by atoms with E-state index in [2.05, 4.69) is 12.1 Å². The highest BCUT2D eigenvalue weighted by Crippen LogP contribution is 2.40. The fraction of sp³-hybridized carbons (Fsp3) is 0.400. The third-order valence-electron chi connectivity index (χ3n) is 12.3. The van der Waals surface area contributed by atoms with Gasteiger partial charge in [0, 0.05) is 24.0 Å². The molecule has 4 aromatic carbocycles. The lowest BCUT2D eigenvalue weighted by Gasteiger charge is -2.42. The van der Waals surface area contributed by atoms with Gasteiger partial charge in [0.2, 0.25) is 22.8 Å². The number of esters is 2. The van der Waals surface area contributed by atoms with E-state index >= 15 is 0 Å². The summed E-state index contributed by atoms with van der Waals surface area (Å²) in [5.41, 5.74) is 1.30. The second-order valence-electron chi connectivity index (χ2n) is 18.0. The van der Waals surface area contributed by atoms with Gasteiger partial charge in [0.25, 0.3) is 0 Å². The Kier molecular flexibility index (Phi) is 13.5. The van der Waals surface area contributed by atoms with Crippen molar-refractivity contribution in [1.82, 2.24) is 0 Å². The molecule has 4 aromatic rings. The molecule has 0 spiro atoms. The SMILES string of the molecule is C[N+](C)(CC(=O)c1ccc(-c2ccc(C(=O)C[N+](C)(C)CC3CCCCC3(C#N)OC(=O)c3ccccc3)cc2)cc1)CC1CCCCC1(C#N)OC(=O)c1ccccc1. The van der Waals surface area contributed by atoms with Crippen LogP contribution in [0.5, 0.6) is 0 Å². The minimum absolute atomic E-state index is 0.0255. The average molecular weight is 809 g/mol. The van der Waals surface area contributed by atoms with Crippen molar-refractivity contribution in [1.29, 1.82) is 10.5 Å². The van der Waals surface area contributed by atoms with E-state index in [9.17, 15) is 29.7 Å². The summed E-state index contributed by atoms with van der Waals surface area (Å²) in [6.07, 6.45) is 5.85. The van der Waals surface area contributed by atoms with Crippen molar-refractivity contribution in [3.63, 3.8) is 0 Å². The summed E-state index contributed by atoms with van der Waals surface area (Å²) in [7, 11) is 7.91. The molecule has 0 aromatic heterocycles. The maximum absolute atomic E-state index is 13.6. The minimum atomic E-state index is -1.25. The van der Waals surface area contributed by atoms with Crippen LogP contribution in [0.3, 0.4) is 0 Å². The number of Topliss-reactive ketones (excluding diaryl/α,β-unsaturated/α-hetero) is 2. The summed E-state index contributed by atoms with van der Waals surface area (Å²) in [6, 6.07) is 37.1. The first kappa shape index (κ1) is 43.6. The molecule has 2 aliphatic rings. The molecule has 4 atom stereocenters. The second kappa shape index (κ2) is 18.5. The van der Waals surface area contributed by atoms with Gasteiger partial charge >= 0.3 is 11.9 Å². The monoisotopic (exact) mass is 808 g/mol. The van der Waals surface area contributed by atoms with Crippen molar-refractivity contribution in [2.24, 2.45) is 11.8 Å². The number of ether oxygens (including phenoxy) is 2. The topological polar surface area (TPSA) is 134 Å². The van der Waals surface area contributed by atoms with E-state index in [0.717, 1.165) is 49.7 Å². The van der Waals surface area contributed by atoms with Gasteiger partial charge in [-0.3, -0.25) is 9.59 Å². The summed E-state index contributed by atoms with van der Waals surface area (Å²) >= 11 is 0. The maximum atomic E-state index is 13.6. The van der Waals surface area contributed by atoms with Crippen LogP contribution in [0, 0.1) is 34.5 Å². The molecule has 10 nitrogen and oxygen atoms in total. The van der Waals surface area contributed by atoms with Crippen LogP contribution in [-0.2, 0) is 9.47 Å². The van der Waals surface area contributed by atoms with Crippen molar-refractivity contribution >= 4 is 23.5 Å². The Labute approximate surface area is 354 Å². The molecule has 0 N–H and O–H groups in total. The van der Waals surface area contributed by atoms with E-state index < -0.39 is 23.1 Å². The number of likely N-dealkylation sites (N-methyl/N-ethyl adjacent to an activating group) is 2. The number of rotatable bonds is 15. The van der Waals surface area contributed by atoms with Gasteiger partial charge in [0.15, 0.2) is 0 Å². The van der Waals surface area contributed by atoms with Crippen LogP contribution in [0.2, 0.25) is 0 Å². The van der Waals surface area contributed by atoms with E-state index in [-0.39, 0.29) is 36.5 Å². The number of nitriles is 2. The number of hydrogen-bond donors (Lipinski definition) is 0. The van der Waals surface area contributed by atoms with Crippen molar-refractivity contribution < 1.29 is 37.6 Å². The van der Waals surface area contributed by atoms with Crippen LogP contribution in [0.25, 0.3) is 11.1 Å². The maximum Gasteiger partial charge on any atom is 0.339 e. The minimum Gasteiger partial charge on any atom is -0.439 e. The quantitative estimate of drug-likeness (QED) is 0.0664. The van der Waals surface area contributed by atoms with Crippen LogP contribution in [0.15, 0.2) is 109 Å². The van der Waals surface area contributed by atoms with Crippen LogP contribution in [-0.4, -0.2) is 98.0 Å². The normalized spacial score (nSPS) is 21.8. The van der Waals surface area contributed by atoms with Gasteiger partial charge in [0.1, 0.15) is 25.2 Å². The molecule has 2 saturated carbocycles. The summed E-state index contributed by atoms with van der Waals surface area (Å²) < 4.78 is 12.6. The van der Waals surface area contributed by atoms with Gasteiger partial charge in [-0.25, -0.2) is 9.59 Å². The molecule has 0 amide bonds. The summed E-state index contributed by atoms with van der Waals surface area (Å²) in [5, 5.41) is 20.7. The highest BCUT2D eigenvalue weighted by Gasteiger charge is 2.49. The molecule has 60 heavy (non-hydrogen) atoms. The van der Waals surface area contributed by atoms with Crippen molar-refractivity contribution in [3.8, 4) is 23.3 Å². The van der Waals surface area contributed by atoms with E-state index in [4.69, 9.17) is 9.47 Å². The second-order valence-corrected chi connectivity index (χ2v) is 18.0. The average Bonchev–Trinajstić information content (AvgIpc) is 3.25. The van der Waals surface area contributed by atoms with Gasteiger partial charge in [-0.1, -0.05) is 97.8 Å². The summed E-state index contributed by atoms with van der Waals surface area (Å²) in [4.78, 5) is 53.3. The molecule has 0 bridgehead atoms. The Morgan fingerprint density at radius 3 is 1.22 bits per heavy atom. The van der Waals surface area contributed by atoms with Crippen LogP contribution < -0.4 is 0 Å². The lowest BCUT2D eigenvalue weighted by molar-refractivity contribution is -0.886. The smallest absolute Gasteiger partial charge is 0.339 e. The van der Waals surface area contributed by atoms with Crippen molar-refractivity contribution in [2.75, 3.05) is 54.4 Å². The fourth-order valence-electron chi connectivity index (χ4n) is 9.09. The predicted octanol–water partition coefficient (Wildman–Crippen LogP) is 8.49. The lowest BCUT2D eigenvalue weighted by Crippen LogP contribution is -2.54. The van der Waals surface area contributed by atoms with E-state index in [1.165, 1.54) is 0 Å². The number of nitrogens with zero attached hydrogens (tertiary/aromatic N) is 4. The molecule has 310 valence electrons. The Bertz CT molecular complexity index is 2080. The van der Waals surface area contributed by atoms with Crippen LogP contribution >= 0.6 is 0 Å². The Balaban J connectivity index is 1.05. The van der Waals surface area contributed by atoms with Gasteiger partial charge in [-0.15, -0.1) is 0 Å². The number of carbonyl (C=O) groups is 4. The van der Waals surface area contributed by atoms with Crippen molar-refractivity contribution in [2.45, 2.75) is 62.6 Å². The highest BCUT2D eigenvalue weighted by molar-refractivity contribution is 5.98. The molecule has 0 heterocycles. The standard InChI is InChI=1S/C50H56N4O6/c1-53(2,31-43-19-11-13-29-49(43,35-51)59-47(57)41-15-7-5-8-16-41)33-45(55)39-25-21-37(22-26-39)38-23-27-40(28-24-38)46(56)34-54(3,4)32-44-20-12-14-30-50(44,36-52)60-48(58)42-17-9-6-10-18-42/h5-10,15-18,21-28,43-44H,11-14,19-20,29-34H2,1-4H3/q+2. The summed E-state index contributed by atoms with van der Waals surface area (Å²) in [6.45, 7) is 1.44. The van der Waals surface area contributed by atoms with Crippen LogP contribution in [0.1, 0.15) is 92.8 Å². The number of ketones is 2. The lowest BCUT2D eigenvalue weighted by atomic mass is 9.75. The number of hydrogen-bond acceptors (Lipinski definition) is 8. The van der Waals surface area contributed by atoms with Crippen LogP contribution in [0.4, 0.5) is 0 Å². The zero-order valence-corrected chi connectivity index (χ0v) is 35.3. The zero-order chi connectivity index (χ0) is 43.0. The van der Waals surface area contributed by atoms with Gasteiger partial charge < -0.3 is 18.4 Å². The molecule has 2 fully saturated rings. The first-order valence-corrected chi connectivity index (χ1v) is 21.0. The molecular formula is C50H56N4O6+2. The largest absolute Gasteiger partial charge is 0.439 e. The number of quaternary nitrogens is 2. The van der Waals surface area contributed by atoms with E-state index in [1.807, 2.05) is 88.9 Å². The highest BCUT2D eigenvalue weighted by atomic mass is 16.6. The molecule has 0 radical (unpaired) electrons. The Morgan fingerprint density at radius 1 is 0.533 bits per heavy atom. The molecule has 4 unspecified atom stereocenters. The molecule has 2 aliphatic carbocycles. The fourth-order valence-corrected chi connectivity index (χ4v) is 9.09. The molecule has 10 heteroatoms. The van der Waals surface area contributed by atoms with Gasteiger partial charge in [-0.05, 0) is 61.1 Å². The molecular weight excluding hydrogens is 753 g/mol. The third-order valence-corrected chi connectivity index (χ3v) is 12.3. The summed E-state index contributed by atoms with van der Waals surface area (Å²) in [5.74, 6) is -1.49. The first-order chi connectivity index (χ1) is 28.7. The molecule has 0 saturated heterocycles. The molecule has 0 aliphatic heterocycles. The number of benzene rings is 4. The van der Waals surface area contributed by atoms with E-state index in [0.29, 0.717) is 57.2 Å². The van der Waals surface area contributed by atoms with Gasteiger partial charge in [0.05, 0.1) is 64.2 Å². The Morgan fingerprint density at radius 2 is 0.883 bits per heavy atom. The predicted molar refractivity (Wildman–Crippen MR) is 229 cm³/mol. The third kappa shape index (κ3) is 10.4. The zero-order valence-electron chi connectivity index (χ0n) is 35.3. The van der Waals surface area contributed by atoms with Crippen molar-refractivity contribution in [3.05, 3.63) is 131 Å².